The van der Waals surface area contributed by atoms with Crippen LogP contribution in [0.4, 0.5) is 0 Å². The molecule has 0 fully saturated rings. The number of esters is 1. The summed E-state index contributed by atoms with van der Waals surface area (Å²) in [6.07, 6.45) is 1.50. The van der Waals surface area contributed by atoms with E-state index in [4.69, 9.17) is 9.26 Å². The lowest BCUT2D eigenvalue weighted by molar-refractivity contribution is 0.0525. The largest absolute Gasteiger partial charge is 0.462 e. The predicted octanol–water partition coefficient (Wildman–Crippen LogP) is 2.02. The molecular formula is C11H12N2O3. The van der Waals surface area contributed by atoms with E-state index in [1.165, 1.54) is 6.20 Å². The van der Waals surface area contributed by atoms with Crippen molar-refractivity contribution in [3.05, 3.63) is 23.0 Å². The molecule has 0 saturated carbocycles. The number of fused-ring (bicyclic) bond motifs is 1. The molecule has 0 atom stereocenters. The van der Waals surface area contributed by atoms with Crippen molar-refractivity contribution in [2.75, 3.05) is 6.61 Å². The van der Waals surface area contributed by atoms with Gasteiger partial charge in [-0.25, -0.2) is 9.78 Å². The lowest BCUT2D eigenvalue weighted by Crippen LogP contribution is -2.07. The number of hydrogen-bond acceptors (Lipinski definition) is 5. The summed E-state index contributed by atoms with van der Waals surface area (Å²) < 4.78 is 10.1. The summed E-state index contributed by atoms with van der Waals surface area (Å²) in [7, 11) is 0. The van der Waals surface area contributed by atoms with Gasteiger partial charge in [0.1, 0.15) is 11.2 Å². The highest BCUT2D eigenvalue weighted by Gasteiger charge is 2.17. The molecule has 5 heteroatoms. The standard InChI is InChI=1S/C11H12N2O3/c1-4-15-11(14)8-5-12-9-7(3)13-16-10(9)6(8)2/h5H,4H2,1-3H3. The van der Waals surface area contributed by atoms with Crippen molar-refractivity contribution in [3.63, 3.8) is 0 Å². The number of rotatable bonds is 2. The third kappa shape index (κ3) is 1.54. The quantitative estimate of drug-likeness (QED) is 0.724. The normalized spacial score (nSPS) is 10.7. The Morgan fingerprint density at radius 1 is 1.50 bits per heavy atom. The van der Waals surface area contributed by atoms with Crippen molar-refractivity contribution < 1.29 is 14.1 Å². The number of carbonyl (C=O) groups excluding carboxylic acids is 1. The number of ether oxygens (including phenoxy) is 1. The summed E-state index contributed by atoms with van der Waals surface area (Å²) in [6, 6.07) is 0. The van der Waals surface area contributed by atoms with Crippen LogP contribution in [0.25, 0.3) is 11.1 Å². The van der Waals surface area contributed by atoms with E-state index < -0.39 is 0 Å². The maximum atomic E-state index is 11.6. The average molecular weight is 220 g/mol. The van der Waals surface area contributed by atoms with E-state index in [1.807, 2.05) is 6.92 Å². The van der Waals surface area contributed by atoms with Gasteiger partial charge in [0.05, 0.1) is 12.2 Å². The molecule has 5 nitrogen and oxygen atoms in total. The zero-order chi connectivity index (χ0) is 11.7. The average Bonchev–Trinajstić information content (AvgIpc) is 2.62. The SMILES string of the molecule is CCOC(=O)c1cnc2c(C)noc2c1C. The van der Waals surface area contributed by atoms with Gasteiger partial charge in [-0.3, -0.25) is 0 Å². The maximum Gasteiger partial charge on any atom is 0.340 e. The molecule has 0 aliphatic carbocycles. The number of pyridine rings is 1. The van der Waals surface area contributed by atoms with Gasteiger partial charge in [0.15, 0.2) is 5.58 Å². The zero-order valence-corrected chi connectivity index (χ0v) is 9.40. The van der Waals surface area contributed by atoms with E-state index in [0.29, 0.717) is 34.5 Å². The molecular weight excluding hydrogens is 208 g/mol. The molecule has 16 heavy (non-hydrogen) atoms. The van der Waals surface area contributed by atoms with Crippen LogP contribution in [-0.4, -0.2) is 22.7 Å². The summed E-state index contributed by atoms with van der Waals surface area (Å²) in [5, 5.41) is 3.81. The Morgan fingerprint density at radius 2 is 2.25 bits per heavy atom. The molecule has 0 unspecified atom stereocenters. The third-order valence-corrected chi connectivity index (χ3v) is 2.39. The highest BCUT2D eigenvalue weighted by Crippen LogP contribution is 2.22. The monoisotopic (exact) mass is 220 g/mol. The van der Waals surface area contributed by atoms with Crippen LogP contribution < -0.4 is 0 Å². The number of aryl methyl sites for hydroxylation is 2. The van der Waals surface area contributed by atoms with Crippen LogP contribution in [0.2, 0.25) is 0 Å². The van der Waals surface area contributed by atoms with Gasteiger partial charge in [0, 0.05) is 11.8 Å². The Kier molecular flexibility index (Phi) is 2.60. The highest BCUT2D eigenvalue weighted by atomic mass is 16.5. The Hall–Kier alpha value is -1.91. The first-order valence-corrected chi connectivity index (χ1v) is 5.03. The molecule has 2 aromatic rings. The van der Waals surface area contributed by atoms with Crippen molar-refractivity contribution in [1.29, 1.82) is 0 Å². The maximum absolute atomic E-state index is 11.6. The fourth-order valence-corrected chi connectivity index (χ4v) is 1.53. The van der Waals surface area contributed by atoms with Gasteiger partial charge in [0.25, 0.3) is 0 Å². The molecule has 2 rings (SSSR count). The Labute approximate surface area is 92.4 Å². The van der Waals surface area contributed by atoms with Crippen LogP contribution in [0, 0.1) is 13.8 Å². The second-order valence-electron chi connectivity index (χ2n) is 3.46. The summed E-state index contributed by atoms with van der Waals surface area (Å²) in [5.41, 5.74) is 3.08. The molecule has 0 bridgehead atoms. The van der Waals surface area contributed by atoms with Gasteiger partial charge in [-0.15, -0.1) is 0 Å². The highest BCUT2D eigenvalue weighted by molar-refractivity contribution is 5.95. The number of nitrogens with zero attached hydrogens (tertiary/aromatic N) is 2. The van der Waals surface area contributed by atoms with Gasteiger partial charge in [0.2, 0.25) is 0 Å². The van der Waals surface area contributed by atoms with Gasteiger partial charge >= 0.3 is 5.97 Å². The first kappa shape index (κ1) is 10.6. The van der Waals surface area contributed by atoms with Crippen LogP contribution in [0.3, 0.4) is 0 Å². The van der Waals surface area contributed by atoms with E-state index in [0.717, 1.165) is 0 Å². The molecule has 0 saturated heterocycles. The summed E-state index contributed by atoms with van der Waals surface area (Å²) in [6.45, 7) is 5.70. The van der Waals surface area contributed by atoms with Crippen LogP contribution in [-0.2, 0) is 4.74 Å². The van der Waals surface area contributed by atoms with E-state index in [2.05, 4.69) is 10.1 Å². The van der Waals surface area contributed by atoms with Crippen LogP contribution in [0.5, 0.6) is 0 Å². The van der Waals surface area contributed by atoms with Crippen LogP contribution >= 0.6 is 0 Å². The van der Waals surface area contributed by atoms with E-state index >= 15 is 0 Å². The van der Waals surface area contributed by atoms with Crippen LogP contribution in [0.1, 0.15) is 28.5 Å². The third-order valence-electron chi connectivity index (χ3n) is 2.39. The molecule has 0 aromatic carbocycles. The summed E-state index contributed by atoms with van der Waals surface area (Å²) in [5.74, 6) is -0.386. The molecule has 0 radical (unpaired) electrons. The van der Waals surface area contributed by atoms with E-state index in [-0.39, 0.29) is 5.97 Å². The fourth-order valence-electron chi connectivity index (χ4n) is 1.53. The lowest BCUT2D eigenvalue weighted by Gasteiger charge is -2.04. The predicted molar refractivity (Wildman–Crippen MR) is 57.2 cm³/mol. The zero-order valence-electron chi connectivity index (χ0n) is 9.40. The molecule has 84 valence electrons. The molecule has 0 aliphatic rings. The van der Waals surface area contributed by atoms with Crippen molar-refractivity contribution in [1.82, 2.24) is 10.1 Å². The smallest absolute Gasteiger partial charge is 0.340 e. The number of aromatic nitrogens is 2. The minimum absolute atomic E-state index is 0.339. The van der Waals surface area contributed by atoms with E-state index in [1.54, 1.807) is 13.8 Å². The van der Waals surface area contributed by atoms with Crippen molar-refractivity contribution in [2.24, 2.45) is 0 Å². The van der Waals surface area contributed by atoms with Crippen molar-refractivity contribution in [2.45, 2.75) is 20.8 Å². The minimum Gasteiger partial charge on any atom is -0.462 e. The lowest BCUT2D eigenvalue weighted by atomic mass is 10.1. The Morgan fingerprint density at radius 3 is 2.94 bits per heavy atom. The molecule has 0 spiro atoms. The first-order valence-electron chi connectivity index (χ1n) is 5.03. The number of hydrogen-bond donors (Lipinski definition) is 0. The van der Waals surface area contributed by atoms with E-state index in [9.17, 15) is 4.79 Å². The van der Waals surface area contributed by atoms with Crippen LogP contribution in [0.15, 0.2) is 10.7 Å². The second kappa shape index (κ2) is 3.92. The van der Waals surface area contributed by atoms with Gasteiger partial charge in [-0.05, 0) is 20.8 Å². The fraction of sp³-hybridized carbons (Fsp3) is 0.364. The van der Waals surface area contributed by atoms with Gasteiger partial charge in [-0.2, -0.15) is 0 Å². The van der Waals surface area contributed by atoms with Crippen molar-refractivity contribution >= 4 is 17.1 Å². The minimum atomic E-state index is -0.386. The Balaban J connectivity index is 2.56. The molecule has 0 N–H and O–H groups in total. The Bertz CT molecular complexity index is 545. The molecule has 0 amide bonds. The topological polar surface area (TPSA) is 65.2 Å². The summed E-state index contributed by atoms with van der Waals surface area (Å²) in [4.78, 5) is 15.7. The first-order chi connectivity index (χ1) is 7.65. The molecule has 2 heterocycles. The summed E-state index contributed by atoms with van der Waals surface area (Å²) >= 11 is 0. The van der Waals surface area contributed by atoms with Gasteiger partial charge in [-0.1, -0.05) is 5.16 Å². The molecule has 2 aromatic heterocycles. The van der Waals surface area contributed by atoms with Gasteiger partial charge < -0.3 is 9.26 Å². The van der Waals surface area contributed by atoms with Crippen molar-refractivity contribution in [3.8, 4) is 0 Å². The second-order valence-corrected chi connectivity index (χ2v) is 3.46. The number of carbonyl (C=O) groups is 1. The molecule has 0 aliphatic heterocycles.